The van der Waals surface area contributed by atoms with Gasteiger partial charge in [-0.25, -0.2) is 4.39 Å². The summed E-state index contributed by atoms with van der Waals surface area (Å²) in [7, 11) is 0.838. The van der Waals surface area contributed by atoms with Crippen molar-refractivity contribution in [3.05, 3.63) is 65.7 Å². The molecule has 0 unspecified atom stereocenters. The van der Waals surface area contributed by atoms with Gasteiger partial charge in [-0.05, 0) is 63.7 Å². The van der Waals surface area contributed by atoms with Crippen molar-refractivity contribution in [2.45, 2.75) is 70.2 Å². The molecule has 2 atom stereocenters. The number of hydrogen-bond acceptors (Lipinski definition) is 7. The van der Waals surface area contributed by atoms with Crippen molar-refractivity contribution in [1.29, 1.82) is 0 Å². The Bertz CT molecular complexity index is 1160. The average Bonchev–Trinajstić information content (AvgIpc) is 3.49. The zero-order chi connectivity index (χ0) is 27.0. The molecule has 0 bridgehead atoms. The fourth-order valence-corrected chi connectivity index (χ4v) is 4.96. The Morgan fingerprint density at radius 1 is 1.22 bits per heavy atom. The summed E-state index contributed by atoms with van der Waals surface area (Å²) in [5.74, 6) is 0.710. The van der Waals surface area contributed by atoms with E-state index in [1.807, 2.05) is 45.9 Å². The second-order valence-electron chi connectivity index (χ2n) is 10.4. The van der Waals surface area contributed by atoms with Crippen molar-refractivity contribution < 1.29 is 37.8 Å². The van der Waals surface area contributed by atoms with Gasteiger partial charge < -0.3 is 28.6 Å². The number of hydrogen-bond donors (Lipinski definition) is 1. The smallest absolute Gasteiger partial charge is 0.495 e. The SMILES string of the molecule is C=CO.COC(=O)C[C@@H]1COc2cc(O[C@@H]3CCc4c(B5OC(C)(C)C(C)(C)O5)ccc(F)c43)ccc21. The molecule has 5 rings (SSSR count). The van der Waals surface area contributed by atoms with E-state index < -0.39 is 24.4 Å². The van der Waals surface area contributed by atoms with Crippen LogP contribution in [0.2, 0.25) is 0 Å². The monoisotopic (exact) mass is 512 g/mol. The van der Waals surface area contributed by atoms with Crippen molar-refractivity contribution in [1.82, 2.24) is 0 Å². The minimum Gasteiger partial charge on any atom is -0.516 e. The number of benzene rings is 2. The first-order chi connectivity index (χ1) is 17.5. The van der Waals surface area contributed by atoms with Crippen LogP contribution in [-0.2, 0) is 25.3 Å². The van der Waals surface area contributed by atoms with Crippen LogP contribution in [0.15, 0.2) is 43.2 Å². The summed E-state index contributed by atoms with van der Waals surface area (Å²) in [6, 6.07) is 8.83. The summed E-state index contributed by atoms with van der Waals surface area (Å²) in [6.45, 7) is 11.4. The van der Waals surface area contributed by atoms with Gasteiger partial charge in [-0.1, -0.05) is 18.7 Å². The van der Waals surface area contributed by atoms with Crippen LogP contribution in [0.5, 0.6) is 11.5 Å². The first-order valence-electron chi connectivity index (χ1n) is 12.4. The van der Waals surface area contributed by atoms with Gasteiger partial charge in [0.25, 0.3) is 0 Å². The molecule has 198 valence electrons. The average molecular weight is 512 g/mol. The van der Waals surface area contributed by atoms with E-state index in [2.05, 4.69) is 6.58 Å². The Morgan fingerprint density at radius 2 is 1.89 bits per heavy atom. The lowest BCUT2D eigenvalue weighted by atomic mass is 9.75. The Morgan fingerprint density at radius 3 is 2.54 bits per heavy atom. The maximum Gasteiger partial charge on any atom is 0.495 e. The molecule has 2 heterocycles. The Balaban J connectivity index is 0.00000102. The maximum absolute atomic E-state index is 15.0. The highest BCUT2D eigenvalue weighted by molar-refractivity contribution is 6.62. The number of methoxy groups -OCH3 is 1. The molecule has 1 fully saturated rings. The molecule has 7 nitrogen and oxygen atoms in total. The fraction of sp³-hybridized carbons (Fsp3) is 0.464. The van der Waals surface area contributed by atoms with E-state index in [4.69, 9.17) is 28.6 Å². The lowest BCUT2D eigenvalue weighted by molar-refractivity contribution is -0.141. The standard InChI is InChI=1S/C26H30BFO6.C2H4O/c1-25(2)26(3,4)34-27(33-25)19-9-10-20(28)24-18(19)8-11-21(24)32-16-6-7-17-15(12-23(29)30-5)14-31-22(17)13-16;1-2-3/h6-7,9-10,13,15,21H,8,11-12,14H2,1-5H3;2-3H,1H2/t15-,21-;/m1./s1. The molecule has 9 heteroatoms. The summed E-state index contributed by atoms with van der Waals surface area (Å²) in [4.78, 5) is 11.7. The highest BCUT2D eigenvalue weighted by Gasteiger charge is 2.52. The number of aliphatic hydroxyl groups is 1. The molecule has 2 aliphatic heterocycles. The highest BCUT2D eigenvalue weighted by atomic mass is 19.1. The van der Waals surface area contributed by atoms with E-state index in [0.29, 0.717) is 36.5 Å². The maximum atomic E-state index is 15.0. The van der Waals surface area contributed by atoms with Crippen LogP contribution in [0, 0.1) is 5.82 Å². The number of carbonyl (C=O) groups excluding carboxylic acids is 1. The Hall–Kier alpha value is -3.04. The van der Waals surface area contributed by atoms with Gasteiger partial charge in [-0.15, -0.1) is 0 Å². The van der Waals surface area contributed by atoms with Crippen molar-refractivity contribution in [2.75, 3.05) is 13.7 Å². The molecule has 2 aromatic rings. The molecule has 37 heavy (non-hydrogen) atoms. The molecule has 1 aliphatic carbocycles. The predicted molar refractivity (Wildman–Crippen MR) is 138 cm³/mol. The zero-order valence-electron chi connectivity index (χ0n) is 22.0. The third-order valence-electron chi connectivity index (χ3n) is 7.61. The number of fused-ring (bicyclic) bond motifs is 2. The first-order valence-corrected chi connectivity index (χ1v) is 12.4. The first kappa shape index (κ1) is 27.0. The third kappa shape index (κ3) is 5.20. The van der Waals surface area contributed by atoms with E-state index in [1.54, 1.807) is 6.07 Å². The number of rotatable bonds is 5. The van der Waals surface area contributed by atoms with Crippen LogP contribution in [0.25, 0.3) is 0 Å². The topological polar surface area (TPSA) is 83.5 Å². The van der Waals surface area contributed by atoms with Crippen LogP contribution in [0.4, 0.5) is 4.39 Å². The van der Waals surface area contributed by atoms with Crippen LogP contribution < -0.4 is 14.9 Å². The van der Waals surface area contributed by atoms with Crippen molar-refractivity contribution >= 4 is 18.6 Å². The van der Waals surface area contributed by atoms with E-state index in [9.17, 15) is 4.79 Å². The van der Waals surface area contributed by atoms with Crippen molar-refractivity contribution in [3.63, 3.8) is 0 Å². The van der Waals surface area contributed by atoms with Gasteiger partial charge in [-0.2, -0.15) is 0 Å². The van der Waals surface area contributed by atoms with E-state index >= 15 is 4.39 Å². The molecule has 0 spiro atoms. The van der Waals surface area contributed by atoms with Gasteiger partial charge in [0, 0.05) is 23.1 Å². The van der Waals surface area contributed by atoms with Crippen LogP contribution >= 0.6 is 0 Å². The van der Waals surface area contributed by atoms with E-state index in [0.717, 1.165) is 22.9 Å². The number of aliphatic hydroxyl groups excluding tert-OH is 1. The summed E-state index contributed by atoms with van der Waals surface area (Å²) in [6.07, 6.45) is 1.95. The molecule has 3 aliphatic rings. The number of esters is 1. The van der Waals surface area contributed by atoms with Gasteiger partial charge in [0.1, 0.15) is 23.4 Å². The quantitative estimate of drug-likeness (QED) is 0.346. The summed E-state index contributed by atoms with van der Waals surface area (Å²) in [5.41, 5.74) is 2.35. The molecule has 0 aromatic heterocycles. The van der Waals surface area contributed by atoms with Crippen LogP contribution in [0.1, 0.15) is 69.2 Å². The summed E-state index contributed by atoms with van der Waals surface area (Å²) >= 11 is 0. The summed E-state index contributed by atoms with van der Waals surface area (Å²) < 4.78 is 44.3. The molecular formula is C28H34BFO7. The zero-order valence-corrected chi connectivity index (χ0v) is 22.0. The lowest BCUT2D eigenvalue weighted by Crippen LogP contribution is -2.41. The van der Waals surface area contributed by atoms with Crippen molar-refractivity contribution in [2.24, 2.45) is 0 Å². The number of halogens is 1. The van der Waals surface area contributed by atoms with Gasteiger partial charge in [0.05, 0.1) is 37.6 Å². The van der Waals surface area contributed by atoms with Gasteiger partial charge in [-0.3, -0.25) is 4.79 Å². The second kappa shape index (κ2) is 10.4. The number of carbonyl (C=O) groups is 1. The molecule has 1 N–H and O–H groups in total. The summed E-state index contributed by atoms with van der Waals surface area (Å²) in [5, 5.41) is 7.33. The van der Waals surface area contributed by atoms with Gasteiger partial charge in [0.2, 0.25) is 0 Å². The van der Waals surface area contributed by atoms with E-state index in [1.165, 1.54) is 13.2 Å². The number of ether oxygens (including phenoxy) is 3. The lowest BCUT2D eigenvalue weighted by Gasteiger charge is -2.32. The van der Waals surface area contributed by atoms with E-state index in [-0.39, 0.29) is 24.1 Å². The minimum absolute atomic E-state index is 0.0383. The normalized spacial score (nSPS) is 22.3. The molecular weight excluding hydrogens is 478 g/mol. The highest BCUT2D eigenvalue weighted by Crippen LogP contribution is 2.42. The molecule has 0 radical (unpaired) electrons. The molecule has 0 saturated carbocycles. The molecule has 1 saturated heterocycles. The second-order valence-corrected chi connectivity index (χ2v) is 10.4. The van der Waals surface area contributed by atoms with Crippen LogP contribution in [0.3, 0.4) is 0 Å². The fourth-order valence-electron chi connectivity index (χ4n) is 4.96. The van der Waals surface area contributed by atoms with Gasteiger partial charge >= 0.3 is 13.1 Å². The third-order valence-corrected chi connectivity index (χ3v) is 7.61. The minimum atomic E-state index is -0.543. The molecule has 2 aromatic carbocycles. The van der Waals surface area contributed by atoms with Crippen molar-refractivity contribution in [3.8, 4) is 11.5 Å². The van der Waals surface area contributed by atoms with Gasteiger partial charge in [0.15, 0.2) is 0 Å². The molecule has 0 amide bonds. The Labute approximate surface area is 217 Å². The largest absolute Gasteiger partial charge is 0.516 e. The Kier molecular flexibility index (Phi) is 7.58. The predicted octanol–water partition coefficient (Wildman–Crippen LogP) is 4.92. The van der Waals surface area contributed by atoms with Crippen LogP contribution in [-0.4, -0.2) is 43.1 Å².